The highest BCUT2D eigenvalue weighted by molar-refractivity contribution is 7.92. The molecule has 1 N–H and O–H groups in total. The molecule has 0 saturated heterocycles. The predicted octanol–water partition coefficient (Wildman–Crippen LogP) is 3.41. The van der Waals surface area contributed by atoms with Crippen molar-refractivity contribution in [2.75, 3.05) is 22.4 Å². The van der Waals surface area contributed by atoms with Gasteiger partial charge in [-0.1, -0.05) is 29.8 Å². The molecule has 0 unspecified atom stereocenters. The summed E-state index contributed by atoms with van der Waals surface area (Å²) in [7, 11) is -3.48. The van der Waals surface area contributed by atoms with E-state index in [2.05, 4.69) is 5.32 Å². The van der Waals surface area contributed by atoms with Crippen LogP contribution in [-0.2, 0) is 14.8 Å². The van der Waals surface area contributed by atoms with Crippen molar-refractivity contribution in [1.82, 2.24) is 0 Å². The average molecular weight is 360 g/mol. The summed E-state index contributed by atoms with van der Waals surface area (Å²) in [5.41, 5.74) is 4.25. The zero-order valence-corrected chi connectivity index (χ0v) is 15.9. The molecule has 0 aliphatic carbocycles. The van der Waals surface area contributed by atoms with Gasteiger partial charge in [0, 0.05) is 18.7 Å². The summed E-state index contributed by atoms with van der Waals surface area (Å²) in [5.74, 6) is -0.220. The summed E-state index contributed by atoms with van der Waals surface area (Å²) in [6, 6.07) is 13.1. The van der Waals surface area contributed by atoms with Crippen LogP contribution in [0, 0.1) is 20.8 Å². The van der Waals surface area contributed by atoms with Crippen molar-refractivity contribution in [1.29, 1.82) is 0 Å². The number of carbonyl (C=O) groups is 1. The van der Waals surface area contributed by atoms with Gasteiger partial charge in [0.15, 0.2) is 0 Å². The number of carbonyl (C=O) groups excluding carboxylic acids is 1. The van der Waals surface area contributed by atoms with Gasteiger partial charge in [0.1, 0.15) is 0 Å². The molecule has 0 aliphatic heterocycles. The van der Waals surface area contributed by atoms with Crippen LogP contribution < -0.4 is 9.62 Å². The number of amides is 1. The van der Waals surface area contributed by atoms with E-state index in [4.69, 9.17) is 0 Å². The van der Waals surface area contributed by atoms with E-state index in [-0.39, 0.29) is 18.9 Å². The minimum absolute atomic E-state index is 0.0777. The van der Waals surface area contributed by atoms with Crippen molar-refractivity contribution in [2.45, 2.75) is 27.2 Å². The Hall–Kier alpha value is -2.34. The average Bonchev–Trinajstić information content (AvgIpc) is 2.52. The summed E-state index contributed by atoms with van der Waals surface area (Å²) >= 11 is 0. The molecule has 0 aliphatic rings. The fourth-order valence-corrected chi connectivity index (χ4v) is 3.49. The van der Waals surface area contributed by atoms with Crippen molar-refractivity contribution < 1.29 is 13.2 Å². The lowest BCUT2D eigenvalue weighted by Crippen LogP contribution is -2.33. The highest BCUT2D eigenvalue weighted by Crippen LogP contribution is 2.24. The van der Waals surface area contributed by atoms with Crippen molar-refractivity contribution in [3.63, 3.8) is 0 Å². The van der Waals surface area contributed by atoms with Gasteiger partial charge in [0.05, 0.1) is 11.9 Å². The molecular formula is C19H24N2O3S. The first-order valence-corrected chi connectivity index (χ1v) is 9.93. The second-order valence-electron chi connectivity index (χ2n) is 6.29. The highest BCUT2D eigenvalue weighted by atomic mass is 32.2. The van der Waals surface area contributed by atoms with Gasteiger partial charge in [-0.05, 0) is 50.1 Å². The van der Waals surface area contributed by atoms with Crippen LogP contribution in [0.15, 0.2) is 42.5 Å². The molecule has 0 bridgehead atoms. The van der Waals surface area contributed by atoms with Crippen LogP contribution in [0.3, 0.4) is 0 Å². The molecule has 0 spiro atoms. The first-order chi connectivity index (χ1) is 11.7. The van der Waals surface area contributed by atoms with Gasteiger partial charge < -0.3 is 5.32 Å². The van der Waals surface area contributed by atoms with E-state index >= 15 is 0 Å². The zero-order chi connectivity index (χ0) is 18.6. The Morgan fingerprint density at radius 3 is 2.20 bits per heavy atom. The van der Waals surface area contributed by atoms with Crippen molar-refractivity contribution in [3.05, 3.63) is 59.2 Å². The van der Waals surface area contributed by atoms with Gasteiger partial charge >= 0.3 is 0 Å². The Kier molecular flexibility index (Phi) is 5.85. The van der Waals surface area contributed by atoms with Gasteiger partial charge in [-0.15, -0.1) is 0 Å². The quantitative estimate of drug-likeness (QED) is 0.858. The number of hydrogen-bond acceptors (Lipinski definition) is 3. The van der Waals surface area contributed by atoms with E-state index in [1.54, 1.807) is 0 Å². The van der Waals surface area contributed by atoms with Crippen LogP contribution in [0.1, 0.15) is 23.1 Å². The monoisotopic (exact) mass is 360 g/mol. The van der Waals surface area contributed by atoms with Crippen LogP contribution in [0.5, 0.6) is 0 Å². The number of nitrogens with one attached hydrogen (secondary N) is 1. The predicted molar refractivity (Wildman–Crippen MR) is 103 cm³/mol. The van der Waals surface area contributed by atoms with Crippen molar-refractivity contribution >= 4 is 27.3 Å². The van der Waals surface area contributed by atoms with Crippen LogP contribution in [-0.4, -0.2) is 27.1 Å². The third kappa shape index (κ3) is 5.32. The number of aryl methyl sites for hydroxylation is 3. The van der Waals surface area contributed by atoms with Gasteiger partial charge in [0.25, 0.3) is 0 Å². The lowest BCUT2D eigenvalue weighted by Gasteiger charge is -2.24. The van der Waals surface area contributed by atoms with E-state index < -0.39 is 10.0 Å². The molecule has 2 aromatic rings. The molecule has 25 heavy (non-hydrogen) atoms. The third-order valence-electron chi connectivity index (χ3n) is 3.91. The molecule has 5 nitrogen and oxygen atoms in total. The Bertz CT molecular complexity index is 859. The zero-order valence-electron chi connectivity index (χ0n) is 15.0. The summed E-state index contributed by atoms with van der Waals surface area (Å²) in [4.78, 5) is 12.2. The topological polar surface area (TPSA) is 66.5 Å². The highest BCUT2D eigenvalue weighted by Gasteiger charge is 2.20. The summed E-state index contributed by atoms with van der Waals surface area (Å²) < 4.78 is 25.7. The van der Waals surface area contributed by atoms with Gasteiger partial charge in [0.2, 0.25) is 15.9 Å². The first-order valence-electron chi connectivity index (χ1n) is 8.08. The normalized spacial score (nSPS) is 11.2. The molecule has 0 heterocycles. The molecule has 0 aromatic heterocycles. The number of hydrogen-bond donors (Lipinski definition) is 1. The Balaban J connectivity index is 2.12. The maximum atomic E-state index is 12.2. The fourth-order valence-electron chi connectivity index (χ4n) is 2.52. The first kappa shape index (κ1) is 19.0. The molecule has 6 heteroatoms. The molecule has 134 valence electrons. The Morgan fingerprint density at radius 1 is 1.00 bits per heavy atom. The standard InChI is InChI=1S/C19H24N2O3S/c1-14-6-9-17(10-7-14)20-19(22)11-12-21(25(4,23)24)18-13-15(2)5-8-16(18)3/h5-10,13H,11-12H2,1-4H3,(H,20,22). The molecule has 0 saturated carbocycles. The molecule has 0 fully saturated rings. The smallest absolute Gasteiger partial charge is 0.232 e. The van der Waals surface area contributed by atoms with Crippen LogP contribution >= 0.6 is 0 Å². The molecule has 2 rings (SSSR count). The third-order valence-corrected chi connectivity index (χ3v) is 5.09. The number of sulfonamides is 1. The fraction of sp³-hybridized carbons (Fsp3) is 0.316. The van der Waals surface area contributed by atoms with E-state index in [1.807, 2.05) is 63.2 Å². The maximum Gasteiger partial charge on any atom is 0.232 e. The van der Waals surface area contributed by atoms with Gasteiger partial charge in [-0.3, -0.25) is 9.10 Å². The lowest BCUT2D eigenvalue weighted by atomic mass is 10.1. The molecule has 2 aromatic carbocycles. The van der Waals surface area contributed by atoms with E-state index in [9.17, 15) is 13.2 Å². The summed E-state index contributed by atoms with van der Waals surface area (Å²) in [6.07, 6.45) is 1.24. The van der Waals surface area contributed by atoms with Crippen LogP contribution in [0.25, 0.3) is 0 Å². The number of nitrogens with zero attached hydrogens (tertiary/aromatic N) is 1. The maximum absolute atomic E-state index is 12.2. The second kappa shape index (κ2) is 7.70. The van der Waals surface area contributed by atoms with E-state index in [0.29, 0.717) is 11.4 Å². The van der Waals surface area contributed by atoms with Crippen LogP contribution in [0.2, 0.25) is 0 Å². The lowest BCUT2D eigenvalue weighted by molar-refractivity contribution is -0.116. The SMILES string of the molecule is Cc1ccc(NC(=O)CCN(c2cc(C)ccc2C)S(C)(=O)=O)cc1. The van der Waals surface area contributed by atoms with Gasteiger partial charge in [-0.25, -0.2) is 8.42 Å². The summed E-state index contributed by atoms with van der Waals surface area (Å²) in [5, 5.41) is 2.79. The van der Waals surface area contributed by atoms with Crippen molar-refractivity contribution in [3.8, 4) is 0 Å². The minimum atomic E-state index is -3.48. The van der Waals surface area contributed by atoms with E-state index in [1.165, 1.54) is 4.31 Å². The molecule has 0 radical (unpaired) electrons. The van der Waals surface area contributed by atoms with Gasteiger partial charge in [-0.2, -0.15) is 0 Å². The van der Waals surface area contributed by atoms with Crippen molar-refractivity contribution in [2.24, 2.45) is 0 Å². The minimum Gasteiger partial charge on any atom is -0.326 e. The van der Waals surface area contributed by atoms with E-state index in [0.717, 1.165) is 22.9 Å². The molecule has 1 amide bonds. The molecular weight excluding hydrogens is 336 g/mol. The number of anilines is 2. The Morgan fingerprint density at radius 2 is 1.60 bits per heavy atom. The summed E-state index contributed by atoms with van der Waals surface area (Å²) in [6.45, 7) is 5.84. The van der Waals surface area contributed by atoms with Crippen LogP contribution in [0.4, 0.5) is 11.4 Å². The largest absolute Gasteiger partial charge is 0.326 e. The number of rotatable bonds is 6. The second-order valence-corrected chi connectivity index (χ2v) is 8.20. The molecule has 0 atom stereocenters. The Labute approximate surface area is 149 Å². The number of benzene rings is 2.